The average molecular weight is 277 g/mol. The first kappa shape index (κ1) is 15.5. The number of nitrogens with one attached hydrogen (secondary N) is 1. The van der Waals surface area contributed by atoms with Gasteiger partial charge in [-0.25, -0.2) is 0 Å². The summed E-state index contributed by atoms with van der Waals surface area (Å²) in [5, 5.41) is 14.1. The zero-order valence-corrected chi connectivity index (χ0v) is 12.8. The van der Waals surface area contributed by atoms with Crippen molar-refractivity contribution in [3.63, 3.8) is 0 Å². The van der Waals surface area contributed by atoms with E-state index in [1.54, 1.807) is 0 Å². The first-order valence-electron chi connectivity index (χ1n) is 7.67. The number of aliphatic hydroxyl groups is 1. The fourth-order valence-corrected chi connectivity index (χ4v) is 2.76. The van der Waals surface area contributed by atoms with Crippen LogP contribution in [0, 0.1) is 12.8 Å². The smallest absolute Gasteiger partial charge is 0.0945 e. The molecular formula is C17H27NO2. The van der Waals surface area contributed by atoms with E-state index in [1.807, 2.05) is 12.1 Å². The van der Waals surface area contributed by atoms with Gasteiger partial charge in [0.1, 0.15) is 0 Å². The summed E-state index contributed by atoms with van der Waals surface area (Å²) in [6, 6.07) is 8.19. The molecule has 0 aliphatic carbocycles. The van der Waals surface area contributed by atoms with Crippen LogP contribution in [0.2, 0.25) is 0 Å². The van der Waals surface area contributed by atoms with Gasteiger partial charge in [-0.05, 0) is 31.2 Å². The SMILES string of the molecule is Cc1ccc(C(O)C(NCC2CCCO2)C(C)C)cc1. The third-order valence-electron chi connectivity index (χ3n) is 4.08. The highest BCUT2D eigenvalue weighted by atomic mass is 16.5. The largest absolute Gasteiger partial charge is 0.387 e. The minimum absolute atomic E-state index is 0.0573. The monoisotopic (exact) mass is 277 g/mol. The van der Waals surface area contributed by atoms with Crippen molar-refractivity contribution >= 4 is 0 Å². The third kappa shape index (κ3) is 4.05. The van der Waals surface area contributed by atoms with Crippen LogP contribution in [-0.4, -0.2) is 30.4 Å². The number of ether oxygens (including phenoxy) is 1. The molecule has 0 radical (unpaired) electrons. The molecule has 1 aromatic rings. The van der Waals surface area contributed by atoms with Gasteiger partial charge in [0.25, 0.3) is 0 Å². The minimum atomic E-state index is -0.475. The Balaban J connectivity index is 1.97. The molecule has 1 aromatic carbocycles. The van der Waals surface area contributed by atoms with Crippen LogP contribution < -0.4 is 5.32 Å². The normalized spacial score (nSPS) is 22.1. The van der Waals surface area contributed by atoms with Crippen molar-refractivity contribution in [1.82, 2.24) is 5.32 Å². The van der Waals surface area contributed by atoms with Gasteiger partial charge in [0.05, 0.1) is 12.2 Å². The predicted molar refractivity (Wildman–Crippen MR) is 81.7 cm³/mol. The highest BCUT2D eigenvalue weighted by Gasteiger charge is 2.25. The Morgan fingerprint density at radius 1 is 1.30 bits per heavy atom. The summed E-state index contributed by atoms with van der Waals surface area (Å²) < 4.78 is 5.64. The first-order valence-corrected chi connectivity index (χ1v) is 7.67. The molecule has 20 heavy (non-hydrogen) atoms. The predicted octanol–water partition coefficient (Wildman–Crippen LogP) is 2.82. The van der Waals surface area contributed by atoms with Crippen molar-refractivity contribution in [1.29, 1.82) is 0 Å². The van der Waals surface area contributed by atoms with Gasteiger partial charge < -0.3 is 15.2 Å². The minimum Gasteiger partial charge on any atom is -0.387 e. The quantitative estimate of drug-likeness (QED) is 0.840. The van der Waals surface area contributed by atoms with Crippen LogP contribution in [0.1, 0.15) is 43.9 Å². The Morgan fingerprint density at radius 2 is 2.00 bits per heavy atom. The summed E-state index contributed by atoms with van der Waals surface area (Å²) >= 11 is 0. The van der Waals surface area contributed by atoms with Crippen LogP contribution in [0.3, 0.4) is 0 Å². The van der Waals surface area contributed by atoms with Gasteiger partial charge in [-0.2, -0.15) is 0 Å². The lowest BCUT2D eigenvalue weighted by atomic mass is 9.92. The van der Waals surface area contributed by atoms with Gasteiger partial charge in [0.15, 0.2) is 0 Å². The maximum Gasteiger partial charge on any atom is 0.0945 e. The molecule has 112 valence electrons. The number of benzene rings is 1. The maximum absolute atomic E-state index is 10.6. The first-order chi connectivity index (χ1) is 9.58. The van der Waals surface area contributed by atoms with Crippen LogP contribution in [-0.2, 0) is 4.74 Å². The molecule has 2 rings (SSSR count). The zero-order valence-electron chi connectivity index (χ0n) is 12.8. The molecule has 0 spiro atoms. The van der Waals surface area contributed by atoms with Crippen LogP contribution in [0.25, 0.3) is 0 Å². The Labute approximate surface area is 122 Å². The molecule has 3 nitrogen and oxygen atoms in total. The lowest BCUT2D eigenvalue weighted by molar-refractivity contribution is 0.0755. The molecule has 3 heteroatoms. The average Bonchev–Trinajstić information content (AvgIpc) is 2.92. The molecule has 2 N–H and O–H groups in total. The Bertz CT molecular complexity index is 396. The molecule has 0 bridgehead atoms. The Hall–Kier alpha value is -0.900. The number of hydrogen-bond acceptors (Lipinski definition) is 3. The second kappa shape index (κ2) is 7.21. The van der Waals surface area contributed by atoms with Crippen molar-refractivity contribution in [2.24, 2.45) is 5.92 Å². The fraction of sp³-hybridized carbons (Fsp3) is 0.647. The molecule has 1 saturated heterocycles. The van der Waals surface area contributed by atoms with E-state index in [9.17, 15) is 5.11 Å². The topological polar surface area (TPSA) is 41.5 Å². The number of rotatable bonds is 6. The maximum atomic E-state index is 10.6. The lowest BCUT2D eigenvalue weighted by Gasteiger charge is -2.29. The van der Waals surface area contributed by atoms with E-state index >= 15 is 0 Å². The van der Waals surface area contributed by atoms with E-state index in [0.29, 0.717) is 12.0 Å². The van der Waals surface area contributed by atoms with E-state index < -0.39 is 6.10 Å². The molecule has 1 aliphatic heterocycles. The van der Waals surface area contributed by atoms with E-state index in [4.69, 9.17) is 4.74 Å². The van der Waals surface area contributed by atoms with Gasteiger partial charge in [0, 0.05) is 19.2 Å². The highest BCUT2D eigenvalue weighted by molar-refractivity contribution is 5.24. The number of hydrogen-bond donors (Lipinski definition) is 2. The van der Waals surface area contributed by atoms with Crippen molar-refractivity contribution in [2.45, 2.75) is 51.9 Å². The molecular weight excluding hydrogens is 250 g/mol. The molecule has 0 saturated carbocycles. The van der Waals surface area contributed by atoms with Crippen molar-refractivity contribution < 1.29 is 9.84 Å². The molecule has 0 aromatic heterocycles. The Morgan fingerprint density at radius 3 is 2.55 bits per heavy atom. The molecule has 1 fully saturated rings. The molecule has 1 aliphatic rings. The van der Waals surface area contributed by atoms with Crippen molar-refractivity contribution in [3.05, 3.63) is 35.4 Å². The molecule has 3 unspecified atom stereocenters. The molecule has 0 amide bonds. The second-order valence-corrected chi connectivity index (χ2v) is 6.17. The van der Waals surface area contributed by atoms with Gasteiger partial charge in [-0.1, -0.05) is 43.7 Å². The fourth-order valence-electron chi connectivity index (χ4n) is 2.76. The van der Waals surface area contributed by atoms with Gasteiger partial charge in [-0.15, -0.1) is 0 Å². The second-order valence-electron chi connectivity index (χ2n) is 6.17. The van der Waals surface area contributed by atoms with E-state index in [2.05, 4.69) is 38.2 Å². The van der Waals surface area contributed by atoms with Crippen molar-refractivity contribution in [3.8, 4) is 0 Å². The summed E-state index contributed by atoms with van der Waals surface area (Å²) in [6.45, 7) is 8.05. The van der Waals surface area contributed by atoms with Gasteiger partial charge in [-0.3, -0.25) is 0 Å². The van der Waals surface area contributed by atoms with Crippen LogP contribution in [0.5, 0.6) is 0 Å². The molecule has 1 heterocycles. The number of aliphatic hydroxyl groups excluding tert-OH is 1. The van der Waals surface area contributed by atoms with Crippen LogP contribution in [0.15, 0.2) is 24.3 Å². The summed E-state index contributed by atoms with van der Waals surface area (Å²) in [6.07, 6.45) is 2.11. The lowest BCUT2D eigenvalue weighted by Crippen LogP contribution is -2.42. The van der Waals surface area contributed by atoms with Gasteiger partial charge in [0.2, 0.25) is 0 Å². The zero-order chi connectivity index (χ0) is 14.5. The van der Waals surface area contributed by atoms with E-state index in [-0.39, 0.29) is 6.04 Å². The third-order valence-corrected chi connectivity index (χ3v) is 4.08. The van der Waals surface area contributed by atoms with Crippen LogP contribution >= 0.6 is 0 Å². The van der Waals surface area contributed by atoms with E-state index in [0.717, 1.165) is 31.6 Å². The Kier molecular flexibility index (Phi) is 5.58. The summed E-state index contributed by atoms with van der Waals surface area (Å²) in [7, 11) is 0. The standard InChI is InChI=1S/C17H27NO2/c1-12(2)16(18-11-15-5-4-10-20-15)17(19)14-8-6-13(3)7-9-14/h6-9,12,15-19H,4-5,10-11H2,1-3H3. The number of aryl methyl sites for hydroxylation is 1. The summed E-state index contributed by atoms with van der Waals surface area (Å²) in [4.78, 5) is 0. The van der Waals surface area contributed by atoms with E-state index in [1.165, 1.54) is 5.56 Å². The molecule has 3 atom stereocenters. The van der Waals surface area contributed by atoms with Crippen LogP contribution in [0.4, 0.5) is 0 Å². The highest BCUT2D eigenvalue weighted by Crippen LogP contribution is 2.23. The van der Waals surface area contributed by atoms with Crippen molar-refractivity contribution in [2.75, 3.05) is 13.2 Å². The summed E-state index contributed by atoms with van der Waals surface area (Å²) in [5.41, 5.74) is 2.20. The summed E-state index contributed by atoms with van der Waals surface area (Å²) in [5.74, 6) is 0.368. The van der Waals surface area contributed by atoms with Gasteiger partial charge >= 0.3 is 0 Å².